The van der Waals surface area contributed by atoms with E-state index in [0.29, 0.717) is 6.04 Å². The standard InChI is InChI=1S/C18H29N3O2/c1-18(2,3)23-17(22)21-14-7-8-15-13(12-14)6-9-16(15)20-11-5-4-10-19/h7-8,12,16,20H,4-6,9-11,19H2,1-3H3,(H,21,22). The molecule has 23 heavy (non-hydrogen) atoms. The highest BCUT2D eigenvalue weighted by Crippen LogP contribution is 2.33. The molecule has 5 heteroatoms. The highest BCUT2D eigenvalue weighted by Gasteiger charge is 2.22. The van der Waals surface area contributed by atoms with Gasteiger partial charge < -0.3 is 15.8 Å². The zero-order valence-corrected chi connectivity index (χ0v) is 14.4. The maximum atomic E-state index is 11.8. The van der Waals surface area contributed by atoms with Crippen LogP contribution in [0.3, 0.4) is 0 Å². The molecule has 1 aromatic rings. The van der Waals surface area contributed by atoms with Gasteiger partial charge in [0.05, 0.1) is 0 Å². The van der Waals surface area contributed by atoms with Crippen molar-refractivity contribution < 1.29 is 9.53 Å². The first-order chi connectivity index (χ1) is 10.9. The van der Waals surface area contributed by atoms with E-state index in [9.17, 15) is 4.79 Å². The zero-order valence-electron chi connectivity index (χ0n) is 14.4. The predicted molar refractivity (Wildman–Crippen MR) is 93.7 cm³/mol. The van der Waals surface area contributed by atoms with Crippen LogP contribution >= 0.6 is 0 Å². The highest BCUT2D eigenvalue weighted by atomic mass is 16.6. The molecule has 1 unspecified atom stereocenters. The van der Waals surface area contributed by atoms with Gasteiger partial charge in [0.25, 0.3) is 0 Å². The summed E-state index contributed by atoms with van der Waals surface area (Å²) in [5.74, 6) is 0. The molecule has 0 aromatic heterocycles. The lowest BCUT2D eigenvalue weighted by molar-refractivity contribution is 0.0636. The topological polar surface area (TPSA) is 76.4 Å². The molecule has 0 heterocycles. The van der Waals surface area contributed by atoms with Crippen molar-refractivity contribution in [3.8, 4) is 0 Å². The van der Waals surface area contributed by atoms with Crippen LogP contribution in [0, 0.1) is 0 Å². The number of anilines is 1. The third-order valence-electron chi connectivity index (χ3n) is 3.89. The third-order valence-corrected chi connectivity index (χ3v) is 3.89. The molecule has 1 amide bonds. The quantitative estimate of drug-likeness (QED) is 0.703. The molecule has 0 saturated carbocycles. The summed E-state index contributed by atoms with van der Waals surface area (Å²) in [5.41, 5.74) is 8.47. The van der Waals surface area contributed by atoms with Crippen LogP contribution in [0.15, 0.2) is 18.2 Å². The summed E-state index contributed by atoms with van der Waals surface area (Å²) >= 11 is 0. The maximum absolute atomic E-state index is 11.8. The molecule has 1 aliphatic rings. The van der Waals surface area contributed by atoms with E-state index in [1.807, 2.05) is 26.8 Å². The molecule has 0 aliphatic heterocycles. The van der Waals surface area contributed by atoms with Crippen LogP contribution in [-0.2, 0) is 11.2 Å². The van der Waals surface area contributed by atoms with Crippen molar-refractivity contribution in [2.24, 2.45) is 5.73 Å². The van der Waals surface area contributed by atoms with Gasteiger partial charge in [0.1, 0.15) is 5.60 Å². The summed E-state index contributed by atoms with van der Waals surface area (Å²) in [7, 11) is 0. The average Bonchev–Trinajstić information content (AvgIpc) is 2.84. The van der Waals surface area contributed by atoms with E-state index in [0.717, 1.165) is 44.5 Å². The molecule has 128 valence electrons. The predicted octanol–water partition coefficient (Wildman–Crippen LogP) is 3.35. The van der Waals surface area contributed by atoms with Gasteiger partial charge in [0.2, 0.25) is 0 Å². The molecular formula is C18H29N3O2. The Bertz CT molecular complexity index is 538. The summed E-state index contributed by atoms with van der Waals surface area (Å²) in [5, 5.41) is 6.40. The smallest absolute Gasteiger partial charge is 0.412 e. The Morgan fingerprint density at radius 2 is 2.13 bits per heavy atom. The lowest BCUT2D eigenvalue weighted by Crippen LogP contribution is -2.27. The van der Waals surface area contributed by atoms with Gasteiger partial charge in [-0.15, -0.1) is 0 Å². The third kappa shape index (κ3) is 5.52. The second-order valence-electron chi connectivity index (χ2n) is 7.08. The van der Waals surface area contributed by atoms with E-state index in [1.165, 1.54) is 11.1 Å². The molecule has 4 N–H and O–H groups in total. The van der Waals surface area contributed by atoms with Gasteiger partial charge in [-0.1, -0.05) is 6.07 Å². The van der Waals surface area contributed by atoms with Crippen LogP contribution < -0.4 is 16.4 Å². The second-order valence-corrected chi connectivity index (χ2v) is 7.08. The van der Waals surface area contributed by atoms with Gasteiger partial charge in [0, 0.05) is 11.7 Å². The maximum Gasteiger partial charge on any atom is 0.412 e. The van der Waals surface area contributed by atoms with Crippen LogP contribution in [-0.4, -0.2) is 24.8 Å². The average molecular weight is 319 g/mol. The van der Waals surface area contributed by atoms with Gasteiger partial charge >= 0.3 is 6.09 Å². The molecule has 0 saturated heterocycles. The van der Waals surface area contributed by atoms with Gasteiger partial charge in [-0.25, -0.2) is 4.79 Å². The molecule has 1 aliphatic carbocycles. The van der Waals surface area contributed by atoms with Crippen LogP contribution in [0.1, 0.15) is 57.2 Å². The number of unbranched alkanes of at least 4 members (excludes halogenated alkanes) is 1. The van der Waals surface area contributed by atoms with Crippen LogP contribution in [0.4, 0.5) is 10.5 Å². The van der Waals surface area contributed by atoms with Crippen molar-refractivity contribution in [1.29, 1.82) is 0 Å². The number of hydrogen-bond donors (Lipinski definition) is 3. The first-order valence-corrected chi connectivity index (χ1v) is 8.45. The van der Waals surface area contributed by atoms with Crippen LogP contribution in [0.5, 0.6) is 0 Å². The molecule has 0 bridgehead atoms. The van der Waals surface area contributed by atoms with Crippen molar-refractivity contribution in [3.63, 3.8) is 0 Å². The number of fused-ring (bicyclic) bond motifs is 1. The van der Waals surface area contributed by atoms with Gasteiger partial charge in [-0.2, -0.15) is 0 Å². The van der Waals surface area contributed by atoms with Crippen LogP contribution in [0.25, 0.3) is 0 Å². The van der Waals surface area contributed by atoms with Gasteiger partial charge in [0.15, 0.2) is 0 Å². The Morgan fingerprint density at radius 1 is 1.35 bits per heavy atom. The van der Waals surface area contributed by atoms with Crippen molar-refractivity contribution in [1.82, 2.24) is 5.32 Å². The number of ether oxygens (including phenoxy) is 1. The van der Waals surface area contributed by atoms with Crippen molar-refractivity contribution >= 4 is 11.8 Å². The Labute approximate surface area is 139 Å². The van der Waals surface area contributed by atoms with Crippen molar-refractivity contribution in [2.75, 3.05) is 18.4 Å². The van der Waals surface area contributed by atoms with E-state index < -0.39 is 11.7 Å². The second kappa shape index (κ2) is 7.79. The first-order valence-electron chi connectivity index (χ1n) is 8.45. The van der Waals surface area contributed by atoms with Crippen molar-refractivity contribution in [3.05, 3.63) is 29.3 Å². The minimum atomic E-state index is -0.487. The van der Waals surface area contributed by atoms with E-state index in [4.69, 9.17) is 10.5 Å². The van der Waals surface area contributed by atoms with E-state index >= 15 is 0 Å². The number of nitrogens with two attached hydrogens (primary N) is 1. The van der Waals surface area contributed by atoms with E-state index in [2.05, 4.69) is 22.8 Å². The number of carbonyl (C=O) groups is 1. The Morgan fingerprint density at radius 3 is 2.83 bits per heavy atom. The summed E-state index contributed by atoms with van der Waals surface area (Å²) in [6, 6.07) is 6.53. The summed E-state index contributed by atoms with van der Waals surface area (Å²) < 4.78 is 5.29. The fourth-order valence-electron chi connectivity index (χ4n) is 2.87. The molecule has 1 aromatic carbocycles. The summed E-state index contributed by atoms with van der Waals surface area (Å²) in [4.78, 5) is 11.8. The number of nitrogens with one attached hydrogen (secondary N) is 2. The minimum Gasteiger partial charge on any atom is -0.444 e. The van der Waals surface area contributed by atoms with Crippen LogP contribution in [0.2, 0.25) is 0 Å². The normalized spacial score (nSPS) is 17.0. The van der Waals surface area contributed by atoms with Gasteiger partial charge in [-0.05, 0) is 82.8 Å². The fourth-order valence-corrected chi connectivity index (χ4v) is 2.87. The highest BCUT2D eigenvalue weighted by molar-refractivity contribution is 5.85. The largest absolute Gasteiger partial charge is 0.444 e. The first kappa shape index (κ1) is 17.8. The van der Waals surface area contributed by atoms with E-state index in [1.54, 1.807) is 0 Å². The molecule has 1 atom stereocenters. The molecule has 0 fully saturated rings. The lowest BCUT2D eigenvalue weighted by atomic mass is 10.1. The summed E-state index contributed by atoms with van der Waals surface area (Å²) in [6.07, 6.45) is 3.90. The monoisotopic (exact) mass is 319 g/mol. The number of benzene rings is 1. The molecule has 5 nitrogen and oxygen atoms in total. The Kier molecular flexibility index (Phi) is 6.02. The zero-order chi connectivity index (χ0) is 16.9. The lowest BCUT2D eigenvalue weighted by Gasteiger charge is -2.20. The molecule has 0 radical (unpaired) electrons. The van der Waals surface area contributed by atoms with Gasteiger partial charge in [-0.3, -0.25) is 5.32 Å². The fraction of sp³-hybridized carbons (Fsp3) is 0.611. The molecule has 0 spiro atoms. The van der Waals surface area contributed by atoms with E-state index in [-0.39, 0.29) is 0 Å². The number of hydrogen-bond acceptors (Lipinski definition) is 4. The number of carbonyl (C=O) groups excluding carboxylic acids is 1. The number of rotatable bonds is 6. The van der Waals surface area contributed by atoms with Crippen molar-refractivity contribution in [2.45, 2.75) is 58.1 Å². The minimum absolute atomic E-state index is 0.410. The Hall–Kier alpha value is -1.59. The molecule has 2 rings (SSSR count). The number of aryl methyl sites for hydroxylation is 1. The summed E-state index contributed by atoms with van der Waals surface area (Å²) in [6.45, 7) is 7.32. The number of amides is 1. The SMILES string of the molecule is CC(C)(C)OC(=O)Nc1ccc2c(c1)CCC2NCCCCN. The Balaban J connectivity index is 1.92. The molecular weight excluding hydrogens is 290 g/mol.